The summed E-state index contributed by atoms with van der Waals surface area (Å²) >= 11 is 6.22. The minimum Gasteiger partial charge on any atom is -0.480 e. The van der Waals surface area contributed by atoms with Crippen LogP contribution in [0.2, 0.25) is 5.02 Å². The summed E-state index contributed by atoms with van der Waals surface area (Å²) in [6.45, 7) is -0.154. The van der Waals surface area contributed by atoms with Crippen LogP contribution in [0.1, 0.15) is 22.9 Å². The molecule has 2 aromatic carbocycles. The van der Waals surface area contributed by atoms with E-state index in [-0.39, 0.29) is 29.2 Å². The third-order valence-electron chi connectivity index (χ3n) is 7.84. The number of rotatable bonds is 7. The monoisotopic (exact) mass is 559 g/mol. The van der Waals surface area contributed by atoms with Crippen LogP contribution in [0.3, 0.4) is 0 Å². The first-order valence-electron chi connectivity index (χ1n) is 12.5. The van der Waals surface area contributed by atoms with Crippen molar-refractivity contribution in [2.24, 2.45) is 11.8 Å². The van der Waals surface area contributed by atoms with Crippen molar-refractivity contribution in [3.8, 4) is 0 Å². The number of nitrogens with zero attached hydrogens (tertiary/aromatic N) is 3. The molecule has 4 atom stereocenters. The minimum absolute atomic E-state index is 0.0374. The quantitative estimate of drug-likeness (QED) is 0.176. The van der Waals surface area contributed by atoms with Crippen molar-refractivity contribution in [1.82, 2.24) is 20.2 Å². The number of nitrogens with one attached hydrogen (secondary N) is 2. The highest BCUT2D eigenvalue weighted by atomic mass is 35.5. The number of H-pyrrole nitrogens is 1. The molecule has 0 bridgehead atoms. The molecule has 0 aliphatic carbocycles. The van der Waals surface area contributed by atoms with Crippen LogP contribution >= 0.6 is 11.6 Å². The van der Waals surface area contributed by atoms with Crippen LogP contribution in [0.4, 0.5) is 5.69 Å². The predicted molar refractivity (Wildman–Crippen MR) is 143 cm³/mol. The molecule has 4 unspecified atom stereocenters. The minimum atomic E-state index is -1.96. The number of benzene rings is 2. The van der Waals surface area contributed by atoms with E-state index in [4.69, 9.17) is 11.6 Å². The van der Waals surface area contributed by atoms with Crippen LogP contribution in [0, 0.1) is 22.0 Å². The average Bonchev–Trinajstić information content (AvgIpc) is 3.58. The van der Waals surface area contributed by atoms with Gasteiger partial charge in [-0.3, -0.25) is 39.7 Å². The lowest BCUT2D eigenvalue weighted by atomic mass is 9.76. The van der Waals surface area contributed by atoms with Crippen molar-refractivity contribution >= 4 is 46.0 Å². The zero-order valence-electron chi connectivity index (χ0n) is 20.8. The first kappa shape index (κ1) is 25.7. The highest BCUT2D eigenvalue weighted by Gasteiger charge is 2.69. The second-order valence-corrected chi connectivity index (χ2v) is 10.4. The number of likely N-dealkylation sites (tertiary alicyclic amines) is 1. The number of carbonyl (C=O) groups is 3. The molecule has 2 fully saturated rings. The van der Waals surface area contributed by atoms with Crippen LogP contribution in [-0.2, 0) is 27.3 Å². The number of fused-ring (bicyclic) bond motifs is 2. The summed E-state index contributed by atoms with van der Waals surface area (Å²) < 4.78 is 0. The van der Waals surface area contributed by atoms with Gasteiger partial charge in [-0.2, -0.15) is 0 Å². The lowest BCUT2D eigenvalue weighted by Crippen LogP contribution is -2.57. The number of aromatic amines is 1. The van der Waals surface area contributed by atoms with Gasteiger partial charge in [0.1, 0.15) is 5.54 Å². The first-order valence-corrected chi connectivity index (χ1v) is 12.8. The fourth-order valence-electron chi connectivity index (χ4n) is 6.09. The van der Waals surface area contributed by atoms with E-state index in [0.29, 0.717) is 11.3 Å². The molecule has 0 saturated carbocycles. The van der Waals surface area contributed by atoms with Gasteiger partial charge in [-0.05, 0) is 35.9 Å². The highest BCUT2D eigenvalue weighted by molar-refractivity contribution is 6.30. The Morgan fingerprint density at radius 2 is 1.90 bits per heavy atom. The van der Waals surface area contributed by atoms with Gasteiger partial charge in [0.25, 0.3) is 5.69 Å². The number of amides is 2. The van der Waals surface area contributed by atoms with E-state index in [0.717, 1.165) is 15.8 Å². The average molecular weight is 560 g/mol. The molecular formula is C28H22ClN5O6. The largest absolute Gasteiger partial charge is 0.480 e. The van der Waals surface area contributed by atoms with E-state index in [1.54, 1.807) is 24.4 Å². The number of hydrogen-bond donors (Lipinski definition) is 3. The summed E-state index contributed by atoms with van der Waals surface area (Å²) in [7, 11) is 0. The van der Waals surface area contributed by atoms with Gasteiger partial charge in [-0.15, -0.1) is 0 Å². The lowest BCUT2D eigenvalue weighted by Gasteiger charge is -2.31. The van der Waals surface area contributed by atoms with Gasteiger partial charge in [0, 0.05) is 46.4 Å². The maximum absolute atomic E-state index is 14.0. The molecule has 0 radical (unpaired) electrons. The number of hydrogen-bond acceptors (Lipinski definition) is 7. The lowest BCUT2D eigenvalue weighted by molar-refractivity contribution is -0.385. The smallest absolute Gasteiger partial charge is 0.325 e. The molecule has 3 N–H and O–H groups in total. The molecular weight excluding hydrogens is 538 g/mol. The molecule has 12 heteroatoms. The molecule has 4 aromatic rings. The molecule has 202 valence electrons. The van der Waals surface area contributed by atoms with E-state index < -0.39 is 46.1 Å². The van der Waals surface area contributed by atoms with Gasteiger partial charge in [0.2, 0.25) is 11.8 Å². The highest BCUT2D eigenvalue weighted by Crippen LogP contribution is 2.52. The molecule has 2 aliphatic heterocycles. The molecule has 2 aromatic heterocycles. The van der Waals surface area contributed by atoms with Crippen molar-refractivity contribution in [3.05, 3.63) is 105 Å². The number of para-hydroxylation sites is 1. The SMILES string of the molecule is O=C1C2C(c3cc(Cl)ccc3[N+](=O)[O-])NC(Cc3c[nH]c4ccccc34)(C(=O)O)C2C(=O)N1Cc1ccccn1. The Morgan fingerprint density at radius 3 is 2.62 bits per heavy atom. The molecule has 2 saturated heterocycles. The summed E-state index contributed by atoms with van der Waals surface area (Å²) in [5, 5.41) is 26.7. The topological polar surface area (TPSA) is 159 Å². The summed E-state index contributed by atoms with van der Waals surface area (Å²) in [4.78, 5) is 60.8. The molecule has 4 heterocycles. The zero-order valence-corrected chi connectivity index (χ0v) is 21.5. The Labute approximate surface area is 231 Å². The number of imide groups is 1. The first-order chi connectivity index (χ1) is 19.2. The van der Waals surface area contributed by atoms with Crippen LogP contribution < -0.4 is 5.32 Å². The molecule has 40 heavy (non-hydrogen) atoms. The summed E-state index contributed by atoms with van der Waals surface area (Å²) in [5.41, 5.74) is -0.413. The summed E-state index contributed by atoms with van der Waals surface area (Å²) in [5.74, 6) is -5.23. The Hall–Kier alpha value is -4.61. The predicted octanol–water partition coefficient (Wildman–Crippen LogP) is 3.64. The second-order valence-electron chi connectivity index (χ2n) is 9.98. The van der Waals surface area contributed by atoms with Gasteiger partial charge < -0.3 is 10.1 Å². The fourth-order valence-corrected chi connectivity index (χ4v) is 6.27. The number of carbonyl (C=O) groups excluding carboxylic acids is 2. The third kappa shape index (κ3) is 3.93. The van der Waals surface area contributed by atoms with Crippen molar-refractivity contribution in [1.29, 1.82) is 0 Å². The van der Waals surface area contributed by atoms with E-state index in [2.05, 4.69) is 15.3 Å². The molecule has 0 spiro atoms. The zero-order chi connectivity index (χ0) is 28.2. The number of nitro groups is 1. The molecule has 2 amide bonds. The maximum Gasteiger partial charge on any atom is 0.325 e. The second kappa shape index (κ2) is 9.54. The standard InChI is InChI=1S/C28H22ClN5O6/c29-16-8-9-21(34(39)40)19(11-16)24-22-23(26(36)33(25(22)35)14-17-5-3-4-10-30-17)28(32-24,27(37)38)12-15-13-31-20-7-2-1-6-18(15)20/h1-11,13,22-24,31-32H,12,14H2,(H,37,38). The van der Waals surface area contributed by atoms with Crippen LogP contribution in [-0.4, -0.2) is 48.2 Å². The number of halogens is 1. The fraction of sp³-hybridized carbons (Fsp3) is 0.214. The van der Waals surface area contributed by atoms with Gasteiger partial charge in [0.05, 0.1) is 35.0 Å². The molecule has 6 rings (SSSR count). The Balaban J connectivity index is 1.52. The Morgan fingerprint density at radius 1 is 1.12 bits per heavy atom. The van der Waals surface area contributed by atoms with Crippen molar-refractivity contribution in [2.45, 2.75) is 24.5 Å². The van der Waals surface area contributed by atoms with E-state index >= 15 is 0 Å². The normalized spacial score (nSPS) is 24.0. The van der Waals surface area contributed by atoms with Gasteiger partial charge in [-0.1, -0.05) is 35.9 Å². The number of carboxylic acid groups (broad SMARTS) is 1. The number of pyridine rings is 1. The van der Waals surface area contributed by atoms with Crippen molar-refractivity contribution in [3.63, 3.8) is 0 Å². The van der Waals surface area contributed by atoms with E-state index in [1.165, 1.54) is 24.4 Å². The Kier molecular flexibility index (Phi) is 6.12. The van der Waals surface area contributed by atoms with Crippen LogP contribution in [0.25, 0.3) is 10.9 Å². The number of aromatic nitrogens is 2. The third-order valence-corrected chi connectivity index (χ3v) is 8.07. The maximum atomic E-state index is 14.0. The molecule has 2 aliphatic rings. The van der Waals surface area contributed by atoms with Crippen molar-refractivity contribution < 1.29 is 24.4 Å². The summed E-state index contributed by atoms with van der Waals surface area (Å²) in [6.07, 6.45) is 3.04. The van der Waals surface area contributed by atoms with Gasteiger partial charge in [-0.25, -0.2) is 0 Å². The number of aliphatic carboxylic acids is 1. The summed E-state index contributed by atoms with van der Waals surface area (Å²) in [6, 6.07) is 15.1. The van der Waals surface area contributed by atoms with Crippen molar-refractivity contribution in [2.75, 3.05) is 0 Å². The number of nitro benzene ring substituents is 1. The Bertz CT molecular complexity index is 1690. The molecule has 11 nitrogen and oxygen atoms in total. The van der Waals surface area contributed by atoms with E-state index in [1.807, 2.05) is 24.3 Å². The van der Waals surface area contributed by atoms with Crippen LogP contribution in [0.15, 0.2) is 73.1 Å². The van der Waals surface area contributed by atoms with Gasteiger partial charge >= 0.3 is 5.97 Å². The van der Waals surface area contributed by atoms with E-state index in [9.17, 15) is 29.6 Å². The van der Waals surface area contributed by atoms with Crippen LogP contribution in [0.5, 0.6) is 0 Å². The number of carboxylic acids is 1. The van der Waals surface area contributed by atoms with Gasteiger partial charge in [0.15, 0.2) is 0 Å².